The smallest absolute Gasteiger partial charge is 0.320 e. The second kappa shape index (κ2) is 10.8. The van der Waals surface area contributed by atoms with Gasteiger partial charge in [0.05, 0.1) is 17.1 Å². The van der Waals surface area contributed by atoms with E-state index in [4.69, 9.17) is 11.6 Å². The van der Waals surface area contributed by atoms with Gasteiger partial charge in [0.25, 0.3) is 0 Å². The molecule has 3 unspecified atom stereocenters. The molecular weight excluding hydrogens is 483 g/mol. The van der Waals surface area contributed by atoms with Crippen LogP contribution in [0.4, 0.5) is 4.39 Å². The van der Waals surface area contributed by atoms with Crippen LogP contribution in [0.1, 0.15) is 29.7 Å². The maximum absolute atomic E-state index is 14.5. The summed E-state index contributed by atoms with van der Waals surface area (Å²) in [7, 11) is 0. The van der Waals surface area contributed by atoms with E-state index in [-0.39, 0.29) is 16.2 Å². The summed E-state index contributed by atoms with van der Waals surface area (Å²) < 4.78 is 14.5. The SMILES string of the molecule is CC(C(=O)O)N1C(C=O)C(c2cccc(F)c2Cl)=CN(C(c2ccccc2)c2ccccc2)C1C=O. The Bertz CT molecular complexity index is 1250. The molecule has 0 saturated carbocycles. The number of halogens is 2. The third-order valence-electron chi connectivity index (χ3n) is 6.39. The summed E-state index contributed by atoms with van der Waals surface area (Å²) in [5.41, 5.74) is 2.20. The van der Waals surface area contributed by atoms with E-state index in [2.05, 4.69) is 0 Å². The average Bonchev–Trinajstić information content (AvgIpc) is 2.90. The van der Waals surface area contributed by atoms with Crippen molar-refractivity contribution in [2.45, 2.75) is 31.2 Å². The summed E-state index contributed by atoms with van der Waals surface area (Å²) in [5.74, 6) is -1.89. The van der Waals surface area contributed by atoms with Crippen LogP contribution in [-0.4, -0.2) is 51.7 Å². The van der Waals surface area contributed by atoms with Crippen LogP contribution in [-0.2, 0) is 14.4 Å². The van der Waals surface area contributed by atoms with Gasteiger partial charge >= 0.3 is 5.97 Å². The largest absolute Gasteiger partial charge is 0.480 e. The number of rotatable bonds is 8. The highest BCUT2D eigenvalue weighted by molar-refractivity contribution is 6.32. The lowest BCUT2D eigenvalue weighted by molar-refractivity contribution is -0.148. The Kier molecular flexibility index (Phi) is 7.62. The molecule has 1 N–H and O–H groups in total. The molecule has 0 aromatic heterocycles. The van der Waals surface area contributed by atoms with Gasteiger partial charge in [0.15, 0.2) is 6.29 Å². The molecule has 0 amide bonds. The molecule has 1 aliphatic rings. The summed E-state index contributed by atoms with van der Waals surface area (Å²) >= 11 is 6.32. The molecule has 0 radical (unpaired) electrons. The number of hydrogen-bond donors (Lipinski definition) is 1. The monoisotopic (exact) mass is 506 g/mol. The van der Waals surface area contributed by atoms with Crippen molar-refractivity contribution in [3.8, 4) is 0 Å². The Morgan fingerprint density at radius 1 is 0.944 bits per heavy atom. The van der Waals surface area contributed by atoms with Crippen molar-refractivity contribution in [2.24, 2.45) is 0 Å². The molecule has 3 aromatic rings. The van der Waals surface area contributed by atoms with Crippen molar-refractivity contribution in [2.75, 3.05) is 0 Å². The van der Waals surface area contributed by atoms with E-state index in [0.29, 0.717) is 12.6 Å². The van der Waals surface area contributed by atoms with Crippen LogP contribution in [0, 0.1) is 5.82 Å². The van der Waals surface area contributed by atoms with Crippen LogP contribution in [0.15, 0.2) is 85.1 Å². The maximum Gasteiger partial charge on any atom is 0.320 e. The first-order chi connectivity index (χ1) is 17.4. The Balaban J connectivity index is 2.02. The lowest BCUT2D eigenvalue weighted by Crippen LogP contribution is -2.61. The van der Waals surface area contributed by atoms with Crippen LogP contribution in [0.2, 0.25) is 5.02 Å². The van der Waals surface area contributed by atoms with Crippen LogP contribution in [0.5, 0.6) is 0 Å². The number of hydrogen-bond acceptors (Lipinski definition) is 5. The van der Waals surface area contributed by atoms with Gasteiger partial charge in [0, 0.05) is 17.3 Å². The summed E-state index contributed by atoms with van der Waals surface area (Å²) in [4.78, 5) is 40.1. The molecular formula is C28H24ClFN2O4. The molecule has 184 valence electrons. The van der Waals surface area contributed by atoms with Gasteiger partial charge in [-0.25, -0.2) is 4.39 Å². The van der Waals surface area contributed by atoms with Gasteiger partial charge in [-0.2, -0.15) is 0 Å². The summed E-state index contributed by atoms with van der Waals surface area (Å²) in [6, 6.07) is 20.1. The molecule has 3 aromatic carbocycles. The predicted octanol–water partition coefficient (Wildman–Crippen LogP) is 4.79. The van der Waals surface area contributed by atoms with E-state index in [1.54, 1.807) is 17.2 Å². The van der Waals surface area contributed by atoms with E-state index < -0.39 is 36.1 Å². The zero-order chi connectivity index (χ0) is 25.8. The Morgan fingerprint density at radius 2 is 1.53 bits per heavy atom. The summed E-state index contributed by atoms with van der Waals surface area (Å²) in [6.07, 6.45) is 1.68. The lowest BCUT2D eigenvalue weighted by atomic mass is 9.91. The van der Waals surface area contributed by atoms with E-state index in [0.717, 1.165) is 11.1 Å². The van der Waals surface area contributed by atoms with Gasteiger partial charge in [-0.05, 0) is 24.1 Å². The molecule has 0 spiro atoms. The minimum absolute atomic E-state index is 0.195. The first kappa shape index (κ1) is 25.3. The fraction of sp³-hybridized carbons (Fsp3) is 0.179. The van der Waals surface area contributed by atoms with Gasteiger partial charge in [0.1, 0.15) is 24.3 Å². The number of carboxylic acids is 1. The first-order valence-corrected chi connectivity index (χ1v) is 11.7. The third kappa shape index (κ3) is 4.67. The third-order valence-corrected chi connectivity index (χ3v) is 6.77. The highest BCUT2D eigenvalue weighted by Crippen LogP contribution is 2.40. The molecule has 36 heavy (non-hydrogen) atoms. The molecule has 0 fully saturated rings. The molecule has 8 heteroatoms. The van der Waals surface area contributed by atoms with Crippen molar-refractivity contribution in [3.05, 3.63) is 113 Å². The number of aliphatic carboxylic acids is 1. The van der Waals surface area contributed by atoms with Crippen LogP contribution < -0.4 is 0 Å². The van der Waals surface area contributed by atoms with Gasteiger partial charge in [0.2, 0.25) is 0 Å². The van der Waals surface area contributed by atoms with Crippen LogP contribution in [0.25, 0.3) is 5.57 Å². The van der Waals surface area contributed by atoms with E-state index in [1.807, 2.05) is 60.7 Å². The Hall–Kier alpha value is -3.81. The summed E-state index contributed by atoms with van der Waals surface area (Å²) in [6.45, 7) is 1.41. The fourth-order valence-corrected chi connectivity index (χ4v) is 4.90. The van der Waals surface area contributed by atoms with Gasteiger partial charge in [-0.15, -0.1) is 0 Å². The average molecular weight is 507 g/mol. The minimum atomic E-state index is -1.22. The van der Waals surface area contributed by atoms with E-state index >= 15 is 0 Å². The second-order valence-corrected chi connectivity index (χ2v) is 8.83. The number of carbonyl (C=O) groups excluding carboxylic acids is 2. The molecule has 0 aliphatic carbocycles. The molecule has 6 nitrogen and oxygen atoms in total. The standard InChI is InChI=1S/C28H24ClFN2O4/c1-18(28(35)36)32-24(16-33)22(21-13-8-14-23(30)26(21)29)15-31(25(32)17-34)27(19-9-4-2-5-10-19)20-11-6-3-7-12-20/h2-18,24-25,27H,1H3,(H,35,36). The normalized spacial score (nSPS) is 19.0. The number of benzene rings is 3. The van der Waals surface area contributed by atoms with Gasteiger partial charge in [-0.1, -0.05) is 84.4 Å². The molecule has 1 aliphatic heterocycles. The fourth-order valence-electron chi connectivity index (χ4n) is 4.66. The van der Waals surface area contributed by atoms with Crippen LogP contribution >= 0.6 is 11.6 Å². The number of carbonyl (C=O) groups is 3. The number of nitrogens with zero attached hydrogens (tertiary/aromatic N) is 2. The van der Waals surface area contributed by atoms with E-state index in [9.17, 15) is 23.9 Å². The van der Waals surface area contributed by atoms with Crippen molar-refractivity contribution >= 4 is 35.7 Å². The molecule has 1 heterocycles. The quantitative estimate of drug-likeness (QED) is 0.442. The van der Waals surface area contributed by atoms with Crippen molar-refractivity contribution in [1.82, 2.24) is 9.80 Å². The molecule has 3 atom stereocenters. The zero-order valence-corrected chi connectivity index (χ0v) is 20.1. The minimum Gasteiger partial charge on any atom is -0.480 e. The highest BCUT2D eigenvalue weighted by atomic mass is 35.5. The van der Waals surface area contributed by atoms with Crippen molar-refractivity contribution in [3.63, 3.8) is 0 Å². The highest BCUT2D eigenvalue weighted by Gasteiger charge is 2.44. The topological polar surface area (TPSA) is 77.9 Å². The molecule has 4 rings (SSSR count). The number of aldehydes is 2. The Morgan fingerprint density at radius 3 is 2.03 bits per heavy atom. The maximum atomic E-state index is 14.5. The molecule has 0 saturated heterocycles. The Labute approximate surface area is 213 Å². The summed E-state index contributed by atoms with van der Waals surface area (Å²) in [5, 5.41) is 9.68. The predicted molar refractivity (Wildman–Crippen MR) is 135 cm³/mol. The second-order valence-electron chi connectivity index (χ2n) is 8.45. The van der Waals surface area contributed by atoms with Crippen LogP contribution in [0.3, 0.4) is 0 Å². The van der Waals surface area contributed by atoms with Gasteiger partial charge in [-0.3, -0.25) is 14.5 Å². The van der Waals surface area contributed by atoms with Crippen molar-refractivity contribution in [1.29, 1.82) is 0 Å². The number of carboxylic acid groups (broad SMARTS) is 1. The van der Waals surface area contributed by atoms with E-state index in [1.165, 1.54) is 24.0 Å². The lowest BCUT2D eigenvalue weighted by Gasteiger charge is -2.48. The van der Waals surface area contributed by atoms with Crippen molar-refractivity contribution < 1.29 is 23.9 Å². The van der Waals surface area contributed by atoms with Gasteiger partial charge < -0.3 is 14.8 Å². The zero-order valence-electron chi connectivity index (χ0n) is 19.4. The molecule has 0 bridgehead atoms. The first-order valence-electron chi connectivity index (χ1n) is 11.3.